The van der Waals surface area contributed by atoms with Gasteiger partial charge in [0.2, 0.25) is 18.1 Å². The van der Waals surface area contributed by atoms with Crippen molar-refractivity contribution < 1.29 is 9.72 Å². The summed E-state index contributed by atoms with van der Waals surface area (Å²) in [5, 5.41) is 11.2. The third kappa shape index (κ3) is 3.45. The van der Waals surface area contributed by atoms with Gasteiger partial charge in [0.15, 0.2) is 0 Å². The molecule has 9 nitrogen and oxygen atoms in total. The summed E-state index contributed by atoms with van der Waals surface area (Å²) in [5.41, 5.74) is 2.26. The van der Waals surface area contributed by atoms with Gasteiger partial charge < -0.3 is 19.9 Å². The zero-order valence-electron chi connectivity index (χ0n) is 16.0. The molecule has 28 heavy (non-hydrogen) atoms. The van der Waals surface area contributed by atoms with Gasteiger partial charge in [-0.2, -0.15) is 0 Å². The lowest BCUT2D eigenvalue weighted by atomic mass is 10.0. The smallest absolute Gasteiger partial charge is 0.358 e. The van der Waals surface area contributed by atoms with Crippen LogP contribution in [0.1, 0.15) is 12.0 Å². The molecular formula is C19H24N6O3. The van der Waals surface area contributed by atoms with Crippen molar-refractivity contribution in [1.82, 2.24) is 14.5 Å². The van der Waals surface area contributed by atoms with Crippen molar-refractivity contribution >= 4 is 23.2 Å². The maximum atomic E-state index is 12.9. The Morgan fingerprint density at radius 2 is 1.93 bits per heavy atom. The Bertz CT molecular complexity index is 888. The number of amides is 1. The third-order valence-corrected chi connectivity index (χ3v) is 5.50. The second-order valence-electron chi connectivity index (χ2n) is 7.30. The second kappa shape index (κ2) is 7.59. The summed E-state index contributed by atoms with van der Waals surface area (Å²) >= 11 is 0. The van der Waals surface area contributed by atoms with Gasteiger partial charge in [0, 0.05) is 45.5 Å². The van der Waals surface area contributed by atoms with E-state index in [1.807, 2.05) is 28.0 Å². The lowest BCUT2D eigenvalue weighted by Crippen LogP contribution is -2.51. The van der Waals surface area contributed by atoms with E-state index in [4.69, 9.17) is 0 Å². The van der Waals surface area contributed by atoms with Crippen LogP contribution in [-0.4, -0.2) is 64.6 Å². The van der Waals surface area contributed by atoms with Gasteiger partial charge in [0.25, 0.3) is 0 Å². The molecule has 0 radical (unpaired) electrons. The van der Waals surface area contributed by atoms with Crippen LogP contribution in [0.5, 0.6) is 0 Å². The molecule has 2 aliphatic heterocycles. The number of rotatable bonds is 4. The quantitative estimate of drug-likeness (QED) is 0.585. The molecule has 148 valence electrons. The number of aryl methyl sites for hydroxylation is 2. The number of carbonyl (C=O) groups excluding carboxylic acids is 1. The molecule has 1 saturated heterocycles. The number of carbonyl (C=O) groups is 1. The Hall–Kier alpha value is -2.94. The van der Waals surface area contributed by atoms with Crippen molar-refractivity contribution in [2.75, 3.05) is 49.1 Å². The van der Waals surface area contributed by atoms with Crippen molar-refractivity contribution in [3.63, 3.8) is 0 Å². The van der Waals surface area contributed by atoms with Crippen LogP contribution >= 0.6 is 0 Å². The average Bonchev–Trinajstić information content (AvgIpc) is 3.10. The van der Waals surface area contributed by atoms with Crippen molar-refractivity contribution in [1.29, 1.82) is 0 Å². The molecule has 0 aliphatic carbocycles. The maximum absolute atomic E-state index is 12.9. The molecule has 0 N–H and O–H groups in total. The molecule has 0 atom stereocenters. The summed E-state index contributed by atoms with van der Waals surface area (Å²) < 4.78 is 1.68. The fourth-order valence-corrected chi connectivity index (χ4v) is 4.09. The first-order valence-corrected chi connectivity index (χ1v) is 9.56. The van der Waals surface area contributed by atoms with Gasteiger partial charge >= 0.3 is 5.82 Å². The van der Waals surface area contributed by atoms with Crippen molar-refractivity contribution in [2.24, 2.45) is 7.05 Å². The Morgan fingerprint density at radius 1 is 1.18 bits per heavy atom. The fourth-order valence-electron chi connectivity index (χ4n) is 4.09. The zero-order valence-corrected chi connectivity index (χ0v) is 16.0. The zero-order chi connectivity index (χ0) is 19.7. The van der Waals surface area contributed by atoms with Gasteiger partial charge in [-0.15, -0.1) is 0 Å². The molecule has 0 bridgehead atoms. The first-order chi connectivity index (χ1) is 13.5. The van der Waals surface area contributed by atoms with Gasteiger partial charge in [-0.05, 0) is 34.4 Å². The number of anilines is 2. The largest absolute Gasteiger partial charge is 0.406 e. The van der Waals surface area contributed by atoms with E-state index < -0.39 is 4.92 Å². The number of nitrogens with zero attached hydrogens (tertiary/aromatic N) is 6. The molecular weight excluding hydrogens is 360 g/mol. The topological polar surface area (TPSA) is 87.7 Å². The number of hydrogen-bond acceptors (Lipinski definition) is 6. The third-order valence-electron chi connectivity index (χ3n) is 5.50. The molecule has 1 fully saturated rings. The van der Waals surface area contributed by atoms with Gasteiger partial charge in [-0.25, -0.2) is 0 Å². The highest BCUT2D eigenvalue weighted by molar-refractivity contribution is 5.96. The van der Waals surface area contributed by atoms with E-state index >= 15 is 0 Å². The van der Waals surface area contributed by atoms with E-state index in [1.165, 1.54) is 11.9 Å². The van der Waals surface area contributed by atoms with E-state index in [0.717, 1.165) is 25.1 Å². The lowest BCUT2D eigenvalue weighted by Gasteiger charge is -2.36. The fraction of sp³-hybridized carbons (Fsp3) is 0.474. The molecule has 4 rings (SSSR count). The number of hydrogen-bond donors (Lipinski definition) is 0. The average molecular weight is 384 g/mol. The van der Waals surface area contributed by atoms with Crippen molar-refractivity contribution in [3.8, 4) is 0 Å². The van der Waals surface area contributed by atoms with Gasteiger partial charge in [0.05, 0.1) is 6.54 Å². The van der Waals surface area contributed by atoms with Crippen LogP contribution in [0.3, 0.4) is 0 Å². The van der Waals surface area contributed by atoms with Crippen LogP contribution < -0.4 is 9.80 Å². The van der Waals surface area contributed by atoms with E-state index in [1.54, 1.807) is 11.6 Å². The number of benzene rings is 1. The molecule has 1 aromatic carbocycles. The summed E-state index contributed by atoms with van der Waals surface area (Å²) in [6.07, 6.45) is 3.47. The Kier molecular flexibility index (Phi) is 4.99. The number of aromatic nitrogens is 2. The highest BCUT2D eigenvalue weighted by Crippen LogP contribution is 2.28. The predicted molar refractivity (Wildman–Crippen MR) is 106 cm³/mol. The summed E-state index contributed by atoms with van der Waals surface area (Å²) in [6, 6.07) is 8.11. The highest BCUT2D eigenvalue weighted by atomic mass is 16.6. The first kappa shape index (κ1) is 18.4. The number of para-hydroxylation sites is 1. The van der Waals surface area contributed by atoms with Crippen LogP contribution in [0.15, 0.2) is 30.6 Å². The number of piperazine rings is 1. The van der Waals surface area contributed by atoms with E-state index in [2.05, 4.69) is 16.0 Å². The highest BCUT2D eigenvalue weighted by Gasteiger charge is 2.30. The molecule has 0 unspecified atom stereocenters. The van der Waals surface area contributed by atoms with Gasteiger partial charge in [0.1, 0.15) is 0 Å². The summed E-state index contributed by atoms with van der Waals surface area (Å²) in [6.45, 7) is 3.76. The van der Waals surface area contributed by atoms with Gasteiger partial charge in [-0.1, -0.05) is 18.2 Å². The molecule has 1 aromatic heterocycles. The Labute approximate surface area is 163 Å². The van der Waals surface area contributed by atoms with E-state index in [9.17, 15) is 14.9 Å². The van der Waals surface area contributed by atoms with Crippen molar-refractivity contribution in [3.05, 3.63) is 46.3 Å². The number of imidazole rings is 1. The molecule has 1 amide bonds. The second-order valence-corrected chi connectivity index (χ2v) is 7.30. The Morgan fingerprint density at radius 3 is 2.68 bits per heavy atom. The standard InChI is InChI=1S/C19H24N6O3/c1-21-14-20-18(25(27)28)19(21)23-11-9-22(10-12-23)13-17(26)24-8-4-6-15-5-2-3-7-16(15)24/h2-3,5,7,14H,4,6,8-13H2,1H3. The van der Waals surface area contributed by atoms with Crippen LogP contribution in [0.4, 0.5) is 17.3 Å². The van der Waals surface area contributed by atoms with E-state index in [-0.39, 0.29) is 11.7 Å². The summed E-state index contributed by atoms with van der Waals surface area (Å²) in [5.74, 6) is 0.532. The molecule has 2 aliphatic rings. The molecule has 0 saturated carbocycles. The summed E-state index contributed by atoms with van der Waals surface area (Å²) in [7, 11) is 1.76. The summed E-state index contributed by atoms with van der Waals surface area (Å²) in [4.78, 5) is 33.6. The van der Waals surface area contributed by atoms with E-state index in [0.29, 0.717) is 38.5 Å². The number of fused-ring (bicyclic) bond motifs is 1. The van der Waals surface area contributed by atoms with Crippen LogP contribution in [0.25, 0.3) is 0 Å². The first-order valence-electron chi connectivity index (χ1n) is 9.56. The minimum atomic E-state index is -0.445. The normalized spacial score (nSPS) is 17.5. The lowest BCUT2D eigenvalue weighted by molar-refractivity contribution is -0.388. The molecule has 9 heteroatoms. The number of nitro groups is 1. The van der Waals surface area contributed by atoms with Crippen LogP contribution in [-0.2, 0) is 18.3 Å². The Balaban J connectivity index is 1.39. The van der Waals surface area contributed by atoms with Crippen LogP contribution in [0, 0.1) is 10.1 Å². The molecule has 3 heterocycles. The minimum absolute atomic E-state index is 0.114. The van der Waals surface area contributed by atoms with Crippen LogP contribution in [0.2, 0.25) is 0 Å². The van der Waals surface area contributed by atoms with Crippen molar-refractivity contribution in [2.45, 2.75) is 12.8 Å². The monoisotopic (exact) mass is 384 g/mol. The SMILES string of the molecule is Cn1cnc([N+](=O)[O-])c1N1CCN(CC(=O)N2CCCc3ccccc32)CC1. The molecule has 0 spiro atoms. The maximum Gasteiger partial charge on any atom is 0.406 e. The minimum Gasteiger partial charge on any atom is -0.358 e. The predicted octanol–water partition coefficient (Wildman–Crippen LogP) is 1.43. The molecule has 2 aromatic rings. The van der Waals surface area contributed by atoms with Gasteiger partial charge in [-0.3, -0.25) is 14.3 Å².